The zero-order valence-electron chi connectivity index (χ0n) is 14.9. The first-order valence-corrected chi connectivity index (χ1v) is 8.71. The zero-order valence-corrected chi connectivity index (χ0v) is 14.9. The molecule has 136 valence electrons. The molecule has 2 aromatic carbocycles. The van der Waals surface area contributed by atoms with Crippen LogP contribution in [0.1, 0.15) is 22.8 Å². The average Bonchev–Trinajstić information content (AvgIpc) is 3.00. The number of rotatable bonds is 3. The van der Waals surface area contributed by atoms with Crippen molar-refractivity contribution < 1.29 is 13.5 Å². The van der Waals surface area contributed by atoms with Crippen LogP contribution < -0.4 is 0 Å². The summed E-state index contributed by atoms with van der Waals surface area (Å²) in [6, 6.07) is 8.98. The number of halogens is 2. The Kier molecular flexibility index (Phi) is 4.46. The van der Waals surface area contributed by atoms with Gasteiger partial charge in [-0.25, -0.2) is 13.8 Å². The highest BCUT2D eigenvalue weighted by Gasteiger charge is 2.23. The highest BCUT2D eigenvalue weighted by atomic mass is 19.1. The van der Waals surface area contributed by atoms with Crippen LogP contribution in [0.5, 0.6) is 0 Å². The topological polar surface area (TPSA) is 30.3 Å². The quantitative estimate of drug-likeness (QED) is 0.715. The van der Waals surface area contributed by atoms with Crippen LogP contribution in [0.4, 0.5) is 8.78 Å². The third-order valence-electron chi connectivity index (χ3n) is 5.02. The van der Waals surface area contributed by atoms with Gasteiger partial charge in [-0.05, 0) is 42.3 Å². The first-order valence-electron chi connectivity index (χ1n) is 8.71. The molecule has 1 unspecified atom stereocenters. The molecule has 3 aromatic rings. The maximum absolute atomic E-state index is 13.8. The molecule has 4 nitrogen and oxygen atoms in total. The maximum Gasteiger partial charge on any atom is 0.129 e. The van der Waals surface area contributed by atoms with Crippen molar-refractivity contribution in [1.82, 2.24) is 14.5 Å². The molecular weight excluding hydrogens is 336 g/mol. The third-order valence-corrected chi connectivity index (χ3v) is 5.02. The van der Waals surface area contributed by atoms with Crippen LogP contribution in [0.2, 0.25) is 0 Å². The molecule has 0 N–H and O–H groups in total. The van der Waals surface area contributed by atoms with E-state index >= 15 is 0 Å². The van der Waals surface area contributed by atoms with Crippen LogP contribution in [0, 0.1) is 18.6 Å². The van der Waals surface area contributed by atoms with E-state index < -0.39 is 11.6 Å². The van der Waals surface area contributed by atoms with Crippen molar-refractivity contribution in [2.24, 2.45) is 7.05 Å². The van der Waals surface area contributed by atoms with E-state index in [-0.39, 0.29) is 11.7 Å². The van der Waals surface area contributed by atoms with Crippen molar-refractivity contribution in [2.75, 3.05) is 19.7 Å². The Morgan fingerprint density at radius 3 is 2.73 bits per heavy atom. The predicted octanol–water partition coefficient (Wildman–Crippen LogP) is 3.73. The summed E-state index contributed by atoms with van der Waals surface area (Å²) in [5.41, 5.74) is 3.82. The summed E-state index contributed by atoms with van der Waals surface area (Å²) in [6.07, 6.45) is 1.73. The van der Waals surface area contributed by atoms with Gasteiger partial charge in [0.2, 0.25) is 0 Å². The lowest BCUT2D eigenvalue weighted by atomic mass is 10.1. The Bertz CT molecular complexity index is 930. The number of ether oxygens (including phenoxy) is 1. The zero-order chi connectivity index (χ0) is 18.3. The van der Waals surface area contributed by atoms with Crippen molar-refractivity contribution in [3.05, 3.63) is 65.0 Å². The van der Waals surface area contributed by atoms with Crippen molar-refractivity contribution in [1.29, 1.82) is 0 Å². The van der Waals surface area contributed by atoms with Gasteiger partial charge in [-0.1, -0.05) is 6.07 Å². The summed E-state index contributed by atoms with van der Waals surface area (Å²) in [4.78, 5) is 6.51. The molecule has 0 spiro atoms. The van der Waals surface area contributed by atoms with Crippen LogP contribution in [-0.2, 0) is 18.3 Å². The molecule has 1 aromatic heterocycles. The molecule has 2 heterocycles. The third kappa shape index (κ3) is 3.22. The molecular formula is C20H21F2N3O. The van der Waals surface area contributed by atoms with E-state index in [4.69, 9.17) is 4.74 Å². The summed E-state index contributed by atoms with van der Waals surface area (Å²) >= 11 is 0. The van der Waals surface area contributed by atoms with Crippen LogP contribution >= 0.6 is 0 Å². The van der Waals surface area contributed by atoms with E-state index in [1.165, 1.54) is 19.1 Å². The molecule has 26 heavy (non-hydrogen) atoms. The summed E-state index contributed by atoms with van der Waals surface area (Å²) in [5, 5.41) is 0. The fraction of sp³-hybridized carbons (Fsp3) is 0.350. The first-order chi connectivity index (χ1) is 12.5. The van der Waals surface area contributed by atoms with Gasteiger partial charge in [0.05, 0.1) is 30.1 Å². The van der Waals surface area contributed by atoms with E-state index in [0.29, 0.717) is 25.3 Å². The Labute approximate surface area is 151 Å². The van der Waals surface area contributed by atoms with E-state index in [0.717, 1.165) is 23.1 Å². The minimum atomic E-state index is -0.494. The lowest BCUT2D eigenvalue weighted by Gasteiger charge is -2.33. The van der Waals surface area contributed by atoms with Crippen LogP contribution in [0.15, 0.2) is 36.7 Å². The predicted molar refractivity (Wildman–Crippen MR) is 95.8 cm³/mol. The van der Waals surface area contributed by atoms with Gasteiger partial charge in [-0.3, -0.25) is 4.90 Å². The van der Waals surface area contributed by atoms with Gasteiger partial charge < -0.3 is 9.30 Å². The van der Waals surface area contributed by atoms with Gasteiger partial charge in [-0.15, -0.1) is 0 Å². The monoisotopic (exact) mass is 357 g/mol. The van der Waals surface area contributed by atoms with Gasteiger partial charge in [-0.2, -0.15) is 0 Å². The summed E-state index contributed by atoms with van der Waals surface area (Å²) in [5.74, 6) is -0.988. The first kappa shape index (κ1) is 17.1. The Hall–Kier alpha value is -2.31. The normalized spacial score (nSPS) is 18.5. The molecule has 4 rings (SSSR count). The molecule has 6 heteroatoms. The van der Waals surface area contributed by atoms with E-state index in [1.54, 1.807) is 6.33 Å². The second kappa shape index (κ2) is 6.78. The molecule has 0 bridgehead atoms. The van der Waals surface area contributed by atoms with Crippen molar-refractivity contribution >= 4 is 11.0 Å². The smallest absolute Gasteiger partial charge is 0.129 e. The molecule has 0 amide bonds. The largest absolute Gasteiger partial charge is 0.371 e. The molecule has 1 fully saturated rings. The van der Waals surface area contributed by atoms with Crippen molar-refractivity contribution in [3.8, 4) is 0 Å². The minimum absolute atomic E-state index is 0.0665. The molecule has 1 atom stereocenters. The van der Waals surface area contributed by atoms with Gasteiger partial charge in [0.25, 0.3) is 0 Å². The Morgan fingerprint density at radius 2 is 1.96 bits per heavy atom. The highest BCUT2D eigenvalue weighted by molar-refractivity contribution is 5.76. The number of imidazole rings is 1. The second-order valence-corrected chi connectivity index (χ2v) is 6.88. The maximum atomic E-state index is 13.8. The number of benzene rings is 2. The Morgan fingerprint density at radius 1 is 1.19 bits per heavy atom. The number of hydrogen-bond acceptors (Lipinski definition) is 3. The van der Waals surface area contributed by atoms with Gasteiger partial charge in [0, 0.05) is 32.2 Å². The molecule has 0 saturated carbocycles. The molecule has 1 aliphatic rings. The molecule has 1 aliphatic heterocycles. The number of fused-ring (bicyclic) bond motifs is 1. The standard InChI is InChI=1S/C20H21F2N3O/c1-13-16(21)7-14(8-17(13)22)10-25-5-6-26-20(11-25)15-3-4-18-19(9-15)24(2)12-23-18/h3-4,7-9,12,20H,5-6,10-11H2,1-2H3. The van der Waals surface area contributed by atoms with Crippen molar-refractivity contribution in [2.45, 2.75) is 19.6 Å². The number of aromatic nitrogens is 2. The van der Waals surface area contributed by atoms with Gasteiger partial charge in [0.1, 0.15) is 11.6 Å². The minimum Gasteiger partial charge on any atom is -0.371 e. The van der Waals surface area contributed by atoms with Crippen molar-refractivity contribution in [3.63, 3.8) is 0 Å². The van der Waals surface area contributed by atoms with E-state index in [9.17, 15) is 8.78 Å². The van der Waals surface area contributed by atoms with Crippen LogP contribution in [0.3, 0.4) is 0 Å². The highest BCUT2D eigenvalue weighted by Crippen LogP contribution is 2.26. The van der Waals surface area contributed by atoms with Gasteiger partial charge in [0.15, 0.2) is 0 Å². The second-order valence-electron chi connectivity index (χ2n) is 6.88. The SMILES string of the molecule is Cc1c(F)cc(CN2CCOC(c3ccc4ncn(C)c4c3)C2)cc1F. The van der Waals surface area contributed by atoms with E-state index in [2.05, 4.69) is 16.0 Å². The fourth-order valence-corrected chi connectivity index (χ4v) is 3.44. The van der Waals surface area contributed by atoms with Gasteiger partial charge >= 0.3 is 0 Å². The summed E-state index contributed by atoms with van der Waals surface area (Å²) in [6.45, 7) is 3.96. The van der Waals surface area contributed by atoms with E-state index in [1.807, 2.05) is 23.7 Å². The fourth-order valence-electron chi connectivity index (χ4n) is 3.44. The summed E-state index contributed by atoms with van der Waals surface area (Å²) < 4.78 is 35.5. The average molecular weight is 357 g/mol. The molecule has 0 radical (unpaired) electrons. The number of aryl methyl sites for hydroxylation is 1. The number of hydrogen-bond donors (Lipinski definition) is 0. The lowest BCUT2D eigenvalue weighted by molar-refractivity contribution is -0.0329. The van der Waals surface area contributed by atoms with Crippen LogP contribution in [-0.4, -0.2) is 34.1 Å². The number of morpholine rings is 1. The number of nitrogens with zero attached hydrogens (tertiary/aromatic N) is 3. The molecule has 1 saturated heterocycles. The summed E-state index contributed by atoms with van der Waals surface area (Å²) in [7, 11) is 1.97. The lowest BCUT2D eigenvalue weighted by Crippen LogP contribution is -2.37. The Balaban J connectivity index is 1.52. The molecule has 0 aliphatic carbocycles. The van der Waals surface area contributed by atoms with Crippen LogP contribution in [0.25, 0.3) is 11.0 Å².